The van der Waals surface area contributed by atoms with Crippen LogP contribution in [0.2, 0.25) is 5.02 Å². The highest BCUT2D eigenvalue weighted by Crippen LogP contribution is 2.26. The monoisotopic (exact) mass is 315 g/mol. The van der Waals surface area contributed by atoms with Crippen molar-refractivity contribution in [1.29, 1.82) is 0 Å². The molecule has 1 aromatic carbocycles. The van der Waals surface area contributed by atoms with Crippen LogP contribution >= 0.6 is 11.6 Å². The molecule has 0 unspecified atom stereocenters. The van der Waals surface area contributed by atoms with Crippen LogP contribution in [0, 0.1) is 0 Å². The third-order valence-corrected chi connectivity index (χ3v) is 4.35. The number of carbonyl (C=O) groups is 1. The maximum absolute atomic E-state index is 11.5. The van der Waals surface area contributed by atoms with E-state index in [1.807, 2.05) is 35.4 Å². The fraction of sp³-hybridized carbons (Fsp3) is 0.353. The minimum atomic E-state index is 0.135. The van der Waals surface area contributed by atoms with Crippen LogP contribution < -0.4 is 0 Å². The number of amides is 1. The largest absolute Gasteiger partial charge is 0.342 e. The molecule has 1 saturated heterocycles. The van der Waals surface area contributed by atoms with E-state index in [2.05, 4.69) is 9.97 Å². The number of hydrogen-bond donors (Lipinski definition) is 0. The topological polar surface area (TPSA) is 46.1 Å². The van der Waals surface area contributed by atoms with Gasteiger partial charge >= 0.3 is 0 Å². The normalized spacial score (nSPS) is 18.3. The van der Waals surface area contributed by atoms with Gasteiger partial charge in [0.05, 0.1) is 17.6 Å². The van der Waals surface area contributed by atoms with E-state index in [0.717, 1.165) is 42.9 Å². The third kappa shape index (κ3) is 3.28. The molecule has 0 spiro atoms. The molecule has 2 heterocycles. The molecule has 1 aromatic heterocycles. The molecule has 5 heteroatoms. The summed E-state index contributed by atoms with van der Waals surface area (Å²) in [7, 11) is 0. The van der Waals surface area contributed by atoms with Crippen molar-refractivity contribution in [1.82, 2.24) is 14.9 Å². The molecule has 0 saturated carbocycles. The summed E-state index contributed by atoms with van der Waals surface area (Å²) in [6.45, 7) is 3.21. The summed E-state index contributed by atoms with van der Waals surface area (Å²) in [6.07, 6.45) is 5.70. The molecule has 1 aliphatic rings. The van der Waals surface area contributed by atoms with Crippen LogP contribution in [0.15, 0.2) is 36.7 Å². The average molecular weight is 316 g/mol. The van der Waals surface area contributed by atoms with Crippen LogP contribution in [0.1, 0.15) is 31.4 Å². The Kier molecular flexibility index (Phi) is 4.39. The van der Waals surface area contributed by atoms with Gasteiger partial charge in [0, 0.05) is 42.7 Å². The van der Waals surface area contributed by atoms with E-state index < -0.39 is 0 Å². The molecule has 1 aliphatic heterocycles. The Labute approximate surface area is 135 Å². The second-order valence-corrected chi connectivity index (χ2v) is 6.07. The Hall–Kier alpha value is -1.94. The lowest BCUT2D eigenvalue weighted by molar-refractivity contribution is -0.130. The summed E-state index contributed by atoms with van der Waals surface area (Å²) >= 11 is 5.90. The molecule has 2 aromatic rings. The van der Waals surface area contributed by atoms with Crippen LogP contribution in [-0.2, 0) is 4.79 Å². The number of hydrogen-bond acceptors (Lipinski definition) is 3. The van der Waals surface area contributed by atoms with E-state index in [0.29, 0.717) is 5.02 Å². The molecule has 1 atom stereocenters. The molecule has 1 fully saturated rings. The predicted octanol–water partition coefficient (Wildman–Crippen LogP) is 3.52. The van der Waals surface area contributed by atoms with E-state index >= 15 is 0 Å². The lowest BCUT2D eigenvalue weighted by Crippen LogP contribution is -2.37. The number of nitrogens with zero attached hydrogens (tertiary/aromatic N) is 3. The van der Waals surface area contributed by atoms with Crippen LogP contribution in [-0.4, -0.2) is 33.9 Å². The minimum absolute atomic E-state index is 0.135. The van der Waals surface area contributed by atoms with E-state index in [1.54, 1.807) is 13.1 Å². The molecule has 114 valence electrons. The van der Waals surface area contributed by atoms with Gasteiger partial charge in [0.1, 0.15) is 0 Å². The van der Waals surface area contributed by atoms with Crippen LogP contribution in [0.4, 0.5) is 0 Å². The summed E-state index contributed by atoms with van der Waals surface area (Å²) < 4.78 is 0. The van der Waals surface area contributed by atoms with Crippen molar-refractivity contribution in [2.75, 3.05) is 13.1 Å². The molecule has 1 amide bonds. The zero-order valence-corrected chi connectivity index (χ0v) is 13.3. The zero-order chi connectivity index (χ0) is 15.5. The first-order chi connectivity index (χ1) is 10.6. The van der Waals surface area contributed by atoms with Crippen molar-refractivity contribution < 1.29 is 4.79 Å². The number of aromatic nitrogens is 2. The van der Waals surface area contributed by atoms with E-state index in [4.69, 9.17) is 11.6 Å². The van der Waals surface area contributed by atoms with Crippen molar-refractivity contribution in [2.45, 2.75) is 25.7 Å². The van der Waals surface area contributed by atoms with Gasteiger partial charge in [0.25, 0.3) is 0 Å². The highest BCUT2D eigenvalue weighted by Gasteiger charge is 2.23. The molecular formula is C17H18ClN3O. The molecule has 0 radical (unpaired) electrons. The summed E-state index contributed by atoms with van der Waals surface area (Å²) in [5, 5.41) is 0.708. The van der Waals surface area contributed by atoms with E-state index in [-0.39, 0.29) is 11.8 Å². The van der Waals surface area contributed by atoms with Crippen LogP contribution in [0.3, 0.4) is 0 Å². The van der Waals surface area contributed by atoms with Gasteiger partial charge in [-0.15, -0.1) is 0 Å². The van der Waals surface area contributed by atoms with E-state index in [9.17, 15) is 4.79 Å². The first kappa shape index (κ1) is 15.0. The molecule has 0 bridgehead atoms. The molecular weight excluding hydrogens is 298 g/mol. The lowest BCUT2D eigenvalue weighted by Gasteiger charge is -2.31. The highest BCUT2D eigenvalue weighted by molar-refractivity contribution is 6.30. The number of halogens is 1. The van der Waals surface area contributed by atoms with Crippen LogP contribution in [0.5, 0.6) is 0 Å². The van der Waals surface area contributed by atoms with E-state index in [1.165, 1.54) is 0 Å². The molecule has 22 heavy (non-hydrogen) atoms. The van der Waals surface area contributed by atoms with Gasteiger partial charge in [-0.05, 0) is 25.0 Å². The zero-order valence-electron chi connectivity index (χ0n) is 12.5. The first-order valence-electron chi connectivity index (χ1n) is 7.47. The summed E-state index contributed by atoms with van der Waals surface area (Å²) in [4.78, 5) is 22.5. The smallest absolute Gasteiger partial charge is 0.219 e. The van der Waals surface area contributed by atoms with Gasteiger partial charge in [-0.25, -0.2) is 0 Å². The maximum Gasteiger partial charge on any atom is 0.219 e. The van der Waals surface area contributed by atoms with Crippen molar-refractivity contribution in [2.24, 2.45) is 0 Å². The van der Waals surface area contributed by atoms with Gasteiger partial charge in [0.15, 0.2) is 0 Å². The molecule has 3 rings (SSSR count). The average Bonchev–Trinajstić information content (AvgIpc) is 2.56. The number of benzene rings is 1. The van der Waals surface area contributed by atoms with Crippen molar-refractivity contribution in [3.63, 3.8) is 0 Å². The Bertz CT molecular complexity index is 655. The van der Waals surface area contributed by atoms with Gasteiger partial charge in [-0.1, -0.05) is 23.7 Å². The summed E-state index contributed by atoms with van der Waals surface area (Å²) in [5.41, 5.74) is 2.79. The number of likely N-dealkylation sites (tertiary alicyclic amines) is 1. The highest BCUT2D eigenvalue weighted by atomic mass is 35.5. The fourth-order valence-corrected chi connectivity index (χ4v) is 2.95. The van der Waals surface area contributed by atoms with Gasteiger partial charge in [0.2, 0.25) is 5.91 Å². The lowest BCUT2D eigenvalue weighted by atomic mass is 9.95. The Morgan fingerprint density at radius 3 is 2.64 bits per heavy atom. The summed E-state index contributed by atoms with van der Waals surface area (Å²) in [6, 6.07) is 7.56. The Morgan fingerprint density at radius 2 is 2.00 bits per heavy atom. The SMILES string of the molecule is CC(=O)N1CCC[C@H](c2cnc(-c3ccc(Cl)cc3)cn2)C1. The Morgan fingerprint density at radius 1 is 1.23 bits per heavy atom. The molecule has 4 nitrogen and oxygen atoms in total. The fourth-order valence-electron chi connectivity index (χ4n) is 2.82. The second kappa shape index (κ2) is 6.44. The van der Waals surface area contributed by atoms with Crippen molar-refractivity contribution in [3.05, 3.63) is 47.4 Å². The first-order valence-corrected chi connectivity index (χ1v) is 7.84. The van der Waals surface area contributed by atoms with Crippen molar-refractivity contribution in [3.8, 4) is 11.3 Å². The van der Waals surface area contributed by atoms with Gasteiger partial charge < -0.3 is 4.90 Å². The quantitative estimate of drug-likeness (QED) is 0.851. The number of rotatable bonds is 2. The summed E-state index contributed by atoms with van der Waals surface area (Å²) in [5.74, 6) is 0.417. The Balaban J connectivity index is 1.76. The third-order valence-electron chi connectivity index (χ3n) is 4.10. The standard InChI is InChI=1S/C17H18ClN3O/c1-12(22)21-8-2-3-14(11-21)17-10-19-16(9-20-17)13-4-6-15(18)7-5-13/h4-7,9-10,14H,2-3,8,11H2,1H3/t14-/m0/s1. The van der Waals surface area contributed by atoms with Crippen molar-refractivity contribution >= 4 is 17.5 Å². The number of carbonyl (C=O) groups excluding carboxylic acids is 1. The van der Waals surface area contributed by atoms with Crippen LogP contribution in [0.25, 0.3) is 11.3 Å². The molecule has 0 aliphatic carbocycles. The van der Waals surface area contributed by atoms with Gasteiger partial charge in [-0.2, -0.15) is 0 Å². The number of piperidine rings is 1. The maximum atomic E-state index is 11.5. The van der Waals surface area contributed by atoms with Gasteiger partial charge in [-0.3, -0.25) is 14.8 Å². The minimum Gasteiger partial charge on any atom is -0.342 e. The molecule has 0 N–H and O–H groups in total. The predicted molar refractivity (Wildman–Crippen MR) is 86.7 cm³/mol. The second-order valence-electron chi connectivity index (χ2n) is 5.64.